The van der Waals surface area contributed by atoms with Gasteiger partial charge in [0.1, 0.15) is 11.5 Å². The Bertz CT molecular complexity index is 846. The van der Waals surface area contributed by atoms with Gasteiger partial charge in [-0.1, -0.05) is 38.0 Å². The molecule has 1 aromatic rings. The van der Waals surface area contributed by atoms with Crippen LogP contribution in [0.1, 0.15) is 89.7 Å². The van der Waals surface area contributed by atoms with Crippen LogP contribution >= 0.6 is 0 Å². The zero-order valence-electron chi connectivity index (χ0n) is 19.7. The number of nitrogens with zero attached hydrogens (tertiary/aromatic N) is 2. The number of halogens is 1. The molecular formula is C27H38FN3O. The summed E-state index contributed by atoms with van der Waals surface area (Å²) in [5, 5.41) is 10.0. The van der Waals surface area contributed by atoms with E-state index in [1.54, 1.807) is 6.07 Å². The summed E-state index contributed by atoms with van der Waals surface area (Å²) in [5.74, 6) is 2.33. The number of amides is 1. The number of hydrogen-bond donors (Lipinski definition) is 1. The number of unbranched alkanes of at least 4 members (excludes halogenated alkanes) is 2. The summed E-state index contributed by atoms with van der Waals surface area (Å²) in [5.41, 5.74) is 1.48. The lowest BCUT2D eigenvalue weighted by Gasteiger charge is -2.59. The van der Waals surface area contributed by atoms with Crippen LogP contribution in [0.5, 0.6) is 0 Å². The first-order valence-electron chi connectivity index (χ1n) is 12.9. The van der Waals surface area contributed by atoms with Crippen LogP contribution in [-0.4, -0.2) is 29.2 Å². The average Bonchev–Trinajstić information content (AvgIpc) is 3.17. The fourth-order valence-electron chi connectivity index (χ4n) is 7.58. The van der Waals surface area contributed by atoms with Crippen molar-refractivity contribution < 1.29 is 9.18 Å². The molecule has 0 spiro atoms. The van der Waals surface area contributed by atoms with Gasteiger partial charge in [-0.15, -0.1) is 0 Å². The van der Waals surface area contributed by atoms with Crippen molar-refractivity contribution in [1.29, 1.82) is 0 Å². The molecule has 4 nitrogen and oxygen atoms in total. The first-order valence-corrected chi connectivity index (χ1v) is 12.9. The molecular weight excluding hydrogens is 401 g/mol. The molecule has 0 radical (unpaired) electrons. The van der Waals surface area contributed by atoms with Gasteiger partial charge in [0.2, 0.25) is 0 Å². The summed E-state index contributed by atoms with van der Waals surface area (Å²) in [4.78, 5) is 13.3. The number of carbonyl (C=O) groups excluding carboxylic acids is 1. The lowest BCUT2D eigenvalue weighted by molar-refractivity contribution is -0.119. The van der Waals surface area contributed by atoms with Crippen molar-refractivity contribution in [3.05, 3.63) is 35.6 Å². The minimum atomic E-state index is -0.211. The van der Waals surface area contributed by atoms with Gasteiger partial charge in [0.05, 0.1) is 6.04 Å². The largest absolute Gasteiger partial charge is 0.348 e. The molecule has 32 heavy (non-hydrogen) atoms. The van der Waals surface area contributed by atoms with Gasteiger partial charge in [0, 0.05) is 24.6 Å². The Hall–Kier alpha value is -1.91. The molecule has 4 bridgehead atoms. The molecule has 1 amide bonds. The molecule has 2 atom stereocenters. The third kappa shape index (κ3) is 4.08. The number of hydrazone groups is 1. The average molecular weight is 440 g/mol. The molecule has 0 saturated heterocycles. The molecule has 6 rings (SSSR count). The Labute approximate surface area is 192 Å². The van der Waals surface area contributed by atoms with E-state index in [2.05, 4.69) is 19.2 Å². The fraction of sp³-hybridized carbons (Fsp3) is 0.704. The van der Waals surface area contributed by atoms with Crippen LogP contribution in [0.3, 0.4) is 0 Å². The number of nitrogens with one attached hydrogen (secondary N) is 1. The summed E-state index contributed by atoms with van der Waals surface area (Å²) in [6.07, 6.45) is 11.8. The second kappa shape index (κ2) is 8.79. The number of rotatable bonds is 8. The van der Waals surface area contributed by atoms with Crippen LogP contribution in [-0.2, 0) is 4.79 Å². The minimum absolute atomic E-state index is 0.0485. The molecule has 174 valence electrons. The van der Waals surface area contributed by atoms with Crippen LogP contribution < -0.4 is 5.32 Å². The third-order valence-electron chi connectivity index (χ3n) is 8.86. The molecule has 2 unspecified atom stereocenters. The molecule has 5 heteroatoms. The van der Waals surface area contributed by atoms with Gasteiger partial charge in [-0.3, -0.25) is 9.80 Å². The van der Waals surface area contributed by atoms with E-state index in [9.17, 15) is 9.18 Å². The molecule has 4 fully saturated rings. The lowest BCUT2D eigenvalue weighted by atomic mass is 9.48. The molecule has 4 aliphatic carbocycles. The van der Waals surface area contributed by atoms with E-state index in [4.69, 9.17) is 5.10 Å². The van der Waals surface area contributed by atoms with Crippen LogP contribution in [0, 0.1) is 29.0 Å². The van der Waals surface area contributed by atoms with Crippen molar-refractivity contribution in [2.24, 2.45) is 28.3 Å². The Morgan fingerprint density at radius 1 is 1.16 bits per heavy atom. The van der Waals surface area contributed by atoms with E-state index >= 15 is 0 Å². The van der Waals surface area contributed by atoms with E-state index in [1.165, 1.54) is 44.6 Å². The van der Waals surface area contributed by atoms with E-state index in [1.807, 2.05) is 17.1 Å². The van der Waals surface area contributed by atoms with Gasteiger partial charge in [-0.05, 0) is 81.1 Å². The monoisotopic (exact) mass is 439 g/mol. The van der Waals surface area contributed by atoms with Gasteiger partial charge >= 0.3 is 0 Å². The molecule has 1 N–H and O–H groups in total. The van der Waals surface area contributed by atoms with Crippen LogP contribution in [0.4, 0.5) is 4.39 Å². The first-order chi connectivity index (χ1) is 15.5. The maximum atomic E-state index is 14.6. The van der Waals surface area contributed by atoms with E-state index < -0.39 is 0 Å². The van der Waals surface area contributed by atoms with Crippen molar-refractivity contribution in [3.63, 3.8) is 0 Å². The van der Waals surface area contributed by atoms with Crippen molar-refractivity contribution in [3.8, 4) is 0 Å². The summed E-state index contributed by atoms with van der Waals surface area (Å²) in [7, 11) is 0. The highest BCUT2D eigenvalue weighted by molar-refractivity contribution is 6.39. The molecule has 1 heterocycles. The summed E-state index contributed by atoms with van der Waals surface area (Å²) in [6, 6.07) is 6.91. The van der Waals surface area contributed by atoms with E-state index in [0.29, 0.717) is 17.7 Å². The quantitative estimate of drug-likeness (QED) is 0.517. The second-order valence-corrected chi connectivity index (χ2v) is 11.1. The predicted molar refractivity (Wildman–Crippen MR) is 126 cm³/mol. The van der Waals surface area contributed by atoms with Crippen molar-refractivity contribution in [2.45, 2.75) is 90.1 Å². The van der Waals surface area contributed by atoms with Crippen LogP contribution in [0.25, 0.3) is 0 Å². The van der Waals surface area contributed by atoms with Gasteiger partial charge in [0.25, 0.3) is 5.91 Å². The third-order valence-corrected chi connectivity index (χ3v) is 8.86. The lowest BCUT2D eigenvalue weighted by Crippen LogP contribution is -2.56. The molecule has 1 aromatic carbocycles. The van der Waals surface area contributed by atoms with Gasteiger partial charge < -0.3 is 5.32 Å². The number of benzene rings is 1. The molecule has 0 aromatic heterocycles. The number of hydrogen-bond acceptors (Lipinski definition) is 3. The van der Waals surface area contributed by atoms with Crippen LogP contribution in [0.2, 0.25) is 0 Å². The van der Waals surface area contributed by atoms with Crippen molar-refractivity contribution in [2.75, 3.05) is 6.54 Å². The Balaban J connectivity index is 1.29. The van der Waals surface area contributed by atoms with Crippen molar-refractivity contribution >= 4 is 11.6 Å². The fourth-order valence-corrected chi connectivity index (χ4v) is 7.58. The highest BCUT2D eigenvalue weighted by Crippen LogP contribution is 2.61. The highest BCUT2D eigenvalue weighted by atomic mass is 19.1. The maximum absolute atomic E-state index is 14.6. The predicted octanol–water partition coefficient (Wildman–Crippen LogP) is 5.84. The standard InChI is InChI=1S/C27H38FN3O/c1-3-4-7-10-31-25(22-8-5-6-9-23(22)28)14-24(30-31)26(32)29-18(2)27-15-19-11-20(16-27)13-21(12-19)17-27/h5-6,8-9,18-21,25H,3-4,7,10-17H2,1-2H3,(H,29,32). The minimum Gasteiger partial charge on any atom is -0.348 e. The molecule has 4 saturated carbocycles. The Morgan fingerprint density at radius 2 is 1.81 bits per heavy atom. The van der Waals surface area contributed by atoms with Gasteiger partial charge in [-0.2, -0.15) is 5.10 Å². The van der Waals surface area contributed by atoms with Gasteiger partial charge in [-0.25, -0.2) is 4.39 Å². The SMILES string of the molecule is CCCCCN1N=C(C(=O)NC(C)C23CC4CC(CC(C4)C2)C3)CC1c1ccccc1F. The maximum Gasteiger partial charge on any atom is 0.267 e. The zero-order valence-corrected chi connectivity index (χ0v) is 19.7. The smallest absolute Gasteiger partial charge is 0.267 e. The van der Waals surface area contributed by atoms with Crippen molar-refractivity contribution in [1.82, 2.24) is 10.3 Å². The zero-order chi connectivity index (χ0) is 22.3. The number of carbonyl (C=O) groups is 1. The molecule has 5 aliphatic rings. The normalized spacial score (nSPS) is 34.0. The Morgan fingerprint density at radius 3 is 2.44 bits per heavy atom. The summed E-state index contributed by atoms with van der Waals surface area (Å²) < 4.78 is 14.6. The first kappa shape index (κ1) is 21.9. The van der Waals surface area contributed by atoms with Gasteiger partial charge in [0.15, 0.2) is 0 Å². The van der Waals surface area contributed by atoms with Crippen LogP contribution in [0.15, 0.2) is 29.4 Å². The summed E-state index contributed by atoms with van der Waals surface area (Å²) in [6.45, 7) is 5.15. The topological polar surface area (TPSA) is 44.7 Å². The highest BCUT2D eigenvalue weighted by Gasteiger charge is 2.53. The van der Waals surface area contributed by atoms with E-state index in [0.717, 1.165) is 43.6 Å². The second-order valence-electron chi connectivity index (χ2n) is 11.1. The Kier molecular flexibility index (Phi) is 6.02. The molecule has 1 aliphatic heterocycles. The summed E-state index contributed by atoms with van der Waals surface area (Å²) >= 11 is 0. The van der Waals surface area contributed by atoms with E-state index in [-0.39, 0.29) is 29.2 Å².